The van der Waals surface area contributed by atoms with Crippen LogP contribution < -0.4 is 0 Å². The van der Waals surface area contributed by atoms with E-state index in [1.54, 1.807) is 0 Å². The van der Waals surface area contributed by atoms with Crippen LogP contribution in [-0.2, 0) is 19.5 Å². The molecule has 0 atom stereocenters. The zero-order chi connectivity index (χ0) is 13.4. The van der Waals surface area contributed by atoms with Crippen molar-refractivity contribution in [1.29, 1.82) is 0 Å². The number of allylic oxidation sites excluding steroid dienone is 4. The molecule has 0 saturated heterocycles. The first-order valence-electron chi connectivity index (χ1n) is 5.16. The van der Waals surface area contributed by atoms with Gasteiger partial charge in [-0.2, -0.15) is 11.1 Å². The molecule has 0 unspecified atom stereocenters. The molecule has 1 radical (unpaired) electrons. The van der Waals surface area contributed by atoms with Gasteiger partial charge in [-0.25, -0.2) is 5.57 Å². The van der Waals surface area contributed by atoms with Crippen LogP contribution in [0.3, 0.4) is 0 Å². The Kier molecular flexibility index (Phi) is 13.0. The molecule has 0 amide bonds. The van der Waals surface area contributed by atoms with Gasteiger partial charge in [0, 0.05) is 19.5 Å². The second kappa shape index (κ2) is 10.3. The molecule has 0 aliphatic heterocycles. The van der Waals surface area contributed by atoms with Gasteiger partial charge < -0.3 is 0 Å². The summed E-state index contributed by atoms with van der Waals surface area (Å²) in [6, 6.07) is 0. The fourth-order valence-corrected chi connectivity index (χ4v) is 1.41. The Bertz CT molecular complexity index is 341. The van der Waals surface area contributed by atoms with Crippen molar-refractivity contribution in [3.8, 4) is 0 Å². The quantitative estimate of drug-likeness (QED) is 0.334. The summed E-state index contributed by atoms with van der Waals surface area (Å²) in [4.78, 5) is 0. The van der Waals surface area contributed by atoms with Gasteiger partial charge in [-0.05, 0) is 0 Å². The van der Waals surface area contributed by atoms with E-state index in [0.717, 1.165) is 0 Å². The molecule has 0 saturated carbocycles. The van der Waals surface area contributed by atoms with E-state index in [1.165, 1.54) is 16.7 Å². The third-order valence-corrected chi connectivity index (χ3v) is 2.56. The van der Waals surface area contributed by atoms with E-state index in [4.69, 9.17) is 0 Å². The first-order chi connectivity index (χ1) is 7.28. The minimum Gasteiger partial charge on any atom is -0.263 e. The monoisotopic (exact) mass is 318 g/mol. The van der Waals surface area contributed by atoms with Crippen LogP contribution in [0.5, 0.6) is 0 Å². The Hall–Kier alpha value is -0.857. The predicted molar refractivity (Wildman–Crippen MR) is 74.1 cm³/mol. The molecular weight excluding hydrogens is 295 g/mol. The van der Waals surface area contributed by atoms with Gasteiger partial charge in [-0.3, -0.25) is 6.08 Å². The van der Waals surface area contributed by atoms with Crippen LogP contribution in [-0.4, -0.2) is 0 Å². The first kappa shape index (κ1) is 21.4. The number of rotatable bonds is 0. The van der Waals surface area contributed by atoms with Crippen LogP contribution in [0.25, 0.3) is 0 Å². The second-order valence-corrected chi connectivity index (χ2v) is 4.12. The van der Waals surface area contributed by atoms with E-state index in [0.29, 0.717) is 0 Å². The van der Waals surface area contributed by atoms with Crippen molar-refractivity contribution in [3.63, 3.8) is 0 Å². The molecule has 1 aliphatic carbocycles. The zero-order valence-electron chi connectivity index (χ0n) is 11.7. The van der Waals surface area contributed by atoms with Crippen LogP contribution in [0.4, 0.5) is 0 Å². The molecule has 0 fully saturated rings. The fraction of sp³-hybridized carbons (Fsp3) is 0.375. The summed E-state index contributed by atoms with van der Waals surface area (Å²) in [7, 11) is 0. The van der Waals surface area contributed by atoms with Crippen molar-refractivity contribution in [3.05, 3.63) is 60.6 Å². The molecule has 0 heterocycles. The summed E-state index contributed by atoms with van der Waals surface area (Å²) < 4.78 is 0. The SMILES string of the molecule is C=C=C.C=C=C.CC1=[C-]C(C)(C)C(C)=C1C.[Rh]. The van der Waals surface area contributed by atoms with E-state index in [2.05, 4.69) is 78.5 Å². The topological polar surface area (TPSA) is 0 Å². The molecule has 0 spiro atoms. The third-order valence-electron chi connectivity index (χ3n) is 2.56. The van der Waals surface area contributed by atoms with Crippen LogP contribution in [0.2, 0.25) is 0 Å². The minimum atomic E-state index is 0. The molecular formula is C16H23Rh-. The van der Waals surface area contributed by atoms with Crippen molar-refractivity contribution < 1.29 is 19.5 Å². The molecule has 0 nitrogen and oxygen atoms in total. The Morgan fingerprint density at radius 2 is 1.24 bits per heavy atom. The molecule has 0 aromatic heterocycles. The zero-order valence-corrected chi connectivity index (χ0v) is 13.3. The summed E-state index contributed by atoms with van der Waals surface area (Å²) >= 11 is 0. The molecule has 97 valence electrons. The first-order valence-corrected chi connectivity index (χ1v) is 5.16. The number of hydrogen-bond acceptors (Lipinski definition) is 0. The van der Waals surface area contributed by atoms with E-state index in [9.17, 15) is 0 Å². The van der Waals surface area contributed by atoms with Crippen molar-refractivity contribution in [2.24, 2.45) is 5.41 Å². The predicted octanol–water partition coefficient (Wildman–Crippen LogP) is 5.02. The summed E-state index contributed by atoms with van der Waals surface area (Å²) in [6.45, 7) is 23.4. The maximum atomic E-state index is 3.44. The minimum absolute atomic E-state index is 0. The Morgan fingerprint density at radius 3 is 1.29 bits per heavy atom. The largest absolute Gasteiger partial charge is 0.263 e. The van der Waals surface area contributed by atoms with Crippen LogP contribution in [0.15, 0.2) is 54.5 Å². The van der Waals surface area contributed by atoms with E-state index < -0.39 is 0 Å². The van der Waals surface area contributed by atoms with Gasteiger partial charge in [0.25, 0.3) is 0 Å². The number of hydrogen-bond donors (Lipinski definition) is 0. The average Bonchev–Trinajstić information content (AvgIpc) is 2.32. The Morgan fingerprint density at radius 1 is 0.941 bits per heavy atom. The second-order valence-electron chi connectivity index (χ2n) is 4.12. The molecule has 1 heteroatoms. The van der Waals surface area contributed by atoms with Crippen LogP contribution >= 0.6 is 0 Å². The standard InChI is InChI=1S/C10H15.2C3H4.Rh/c1-7-6-10(4,5)9(3)8(7)2;2*1-3-2;/h1-5H3;2*1-2H2;/q-1;;;. The van der Waals surface area contributed by atoms with E-state index in [1.807, 2.05) is 0 Å². The van der Waals surface area contributed by atoms with Gasteiger partial charge in [-0.15, -0.1) is 18.4 Å². The average molecular weight is 318 g/mol. The summed E-state index contributed by atoms with van der Waals surface area (Å²) in [5.41, 5.74) is 8.89. The summed E-state index contributed by atoms with van der Waals surface area (Å²) in [5.74, 6) is 0. The van der Waals surface area contributed by atoms with E-state index in [-0.39, 0.29) is 24.9 Å². The van der Waals surface area contributed by atoms with Gasteiger partial charge >= 0.3 is 0 Å². The molecule has 1 rings (SSSR count). The maximum absolute atomic E-state index is 3.44. The van der Waals surface area contributed by atoms with Gasteiger partial charge in [0.05, 0.1) is 0 Å². The normalized spacial score (nSPS) is 14.8. The van der Waals surface area contributed by atoms with Gasteiger partial charge in [0.1, 0.15) is 0 Å². The molecule has 0 N–H and O–H groups in total. The molecule has 1 aliphatic rings. The summed E-state index contributed by atoms with van der Waals surface area (Å²) in [5, 5.41) is 0. The van der Waals surface area contributed by atoms with Crippen molar-refractivity contribution >= 4 is 0 Å². The summed E-state index contributed by atoms with van der Waals surface area (Å²) in [6.07, 6.45) is 3.44. The third kappa shape index (κ3) is 7.95. The molecule has 0 aromatic rings. The van der Waals surface area contributed by atoms with Crippen LogP contribution in [0.1, 0.15) is 34.6 Å². The van der Waals surface area contributed by atoms with Crippen LogP contribution in [0, 0.1) is 11.5 Å². The Labute approximate surface area is 120 Å². The smallest absolute Gasteiger partial charge is 0 e. The van der Waals surface area contributed by atoms with Crippen molar-refractivity contribution in [2.75, 3.05) is 0 Å². The van der Waals surface area contributed by atoms with Gasteiger partial charge in [0.15, 0.2) is 0 Å². The molecule has 0 aromatic carbocycles. The molecule has 17 heavy (non-hydrogen) atoms. The maximum Gasteiger partial charge on any atom is 0 e. The van der Waals surface area contributed by atoms with E-state index >= 15 is 0 Å². The molecule has 0 bridgehead atoms. The van der Waals surface area contributed by atoms with Gasteiger partial charge in [0.2, 0.25) is 0 Å². The van der Waals surface area contributed by atoms with Crippen molar-refractivity contribution in [1.82, 2.24) is 0 Å². The Balaban J connectivity index is -0.000000240. The fourth-order valence-electron chi connectivity index (χ4n) is 1.41. The van der Waals surface area contributed by atoms with Crippen molar-refractivity contribution in [2.45, 2.75) is 34.6 Å². The van der Waals surface area contributed by atoms with Gasteiger partial charge in [-0.1, -0.05) is 59.4 Å².